The molecule has 1 amide bonds. The number of hydrogen-bond donors (Lipinski definition) is 2. The van der Waals surface area contributed by atoms with Crippen molar-refractivity contribution < 1.29 is 9.90 Å². The van der Waals surface area contributed by atoms with E-state index in [1.165, 1.54) is 0 Å². The highest BCUT2D eigenvalue weighted by Crippen LogP contribution is 2.20. The Balaban J connectivity index is 3.03. The van der Waals surface area contributed by atoms with Gasteiger partial charge in [-0.25, -0.2) is 0 Å². The summed E-state index contributed by atoms with van der Waals surface area (Å²) in [4.78, 5) is 12.5. The number of benzene rings is 1. The quantitative estimate of drug-likeness (QED) is 0.810. The molecule has 1 aromatic rings. The number of aliphatic hydroxyl groups is 1. The summed E-state index contributed by atoms with van der Waals surface area (Å²) in [6, 6.07) is 7.22. The summed E-state index contributed by atoms with van der Waals surface area (Å²) in [5, 5.41) is 11.9. The minimum atomic E-state index is -0.210. The van der Waals surface area contributed by atoms with Gasteiger partial charge in [-0.1, -0.05) is 44.7 Å². The summed E-state index contributed by atoms with van der Waals surface area (Å²) < 4.78 is 0. The van der Waals surface area contributed by atoms with E-state index in [0.717, 1.165) is 19.3 Å². The van der Waals surface area contributed by atoms with Crippen molar-refractivity contribution in [1.82, 2.24) is 5.32 Å². The first kappa shape index (κ1) is 16.3. The second kappa shape index (κ2) is 7.72. The Labute approximate surface area is 121 Å². The van der Waals surface area contributed by atoms with Crippen molar-refractivity contribution in [3.05, 3.63) is 35.4 Å². The average Bonchev–Trinajstić information content (AvgIpc) is 2.51. The molecule has 0 spiro atoms. The number of aliphatic hydroxyl groups excluding tert-OH is 1. The molecule has 0 fully saturated rings. The lowest BCUT2D eigenvalue weighted by atomic mass is 9.89. The van der Waals surface area contributed by atoms with Gasteiger partial charge in [0.25, 0.3) is 5.91 Å². The minimum absolute atomic E-state index is 0.0987. The van der Waals surface area contributed by atoms with Gasteiger partial charge in [-0.3, -0.25) is 4.79 Å². The predicted octanol–water partition coefficient (Wildman–Crippen LogP) is 2.73. The second-order valence-electron chi connectivity index (χ2n) is 4.80. The van der Waals surface area contributed by atoms with Crippen LogP contribution in [0.3, 0.4) is 0 Å². The highest BCUT2D eigenvalue weighted by molar-refractivity contribution is 5.97. The Bertz CT molecular complexity index is 499. The molecule has 0 bridgehead atoms. The van der Waals surface area contributed by atoms with Crippen LogP contribution in [0.5, 0.6) is 0 Å². The van der Waals surface area contributed by atoms with Crippen molar-refractivity contribution in [3.8, 4) is 11.8 Å². The zero-order chi connectivity index (χ0) is 15.0. The molecule has 0 atom stereocenters. The monoisotopic (exact) mass is 273 g/mol. The largest absolute Gasteiger partial charge is 0.384 e. The maximum atomic E-state index is 12.5. The smallest absolute Gasteiger partial charge is 0.252 e. The van der Waals surface area contributed by atoms with E-state index >= 15 is 0 Å². The van der Waals surface area contributed by atoms with E-state index in [-0.39, 0.29) is 18.1 Å². The molecule has 1 aromatic carbocycles. The van der Waals surface area contributed by atoms with Gasteiger partial charge in [-0.2, -0.15) is 0 Å². The molecule has 0 saturated carbocycles. The van der Waals surface area contributed by atoms with Gasteiger partial charge in [0.2, 0.25) is 0 Å². The Morgan fingerprint density at radius 3 is 2.35 bits per heavy atom. The number of rotatable bonds is 5. The highest BCUT2D eigenvalue weighted by Gasteiger charge is 2.26. The van der Waals surface area contributed by atoms with Crippen LogP contribution in [0.2, 0.25) is 0 Å². The Morgan fingerprint density at radius 1 is 1.20 bits per heavy atom. The maximum absolute atomic E-state index is 12.5. The van der Waals surface area contributed by atoms with Crippen molar-refractivity contribution in [1.29, 1.82) is 0 Å². The molecule has 0 heterocycles. The molecule has 0 radical (unpaired) electrons. The van der Waals surface area contributed by atoms with Crippen LogP contribution in [0.1, 0.15) is 56.0 Å². The van der Waals surface area contributed by atoms with Crippen LogP contribution >= 0.6 is 0 Å². The zero-order valence-electron chi connectivity index (χ0n) is 12.5. The van der Waals surface area contributed by atoms with Gasteiger partial charge in [0.15, 0.2) is 0 Å². The van der Waals surface area contributed by atoms with Crippen LogP contribution in [-0.4, -0.2) is 23.2 Å². The summed E-state index contributed by atoms with van der Waals surface area (Å²) in [5.74, 6) is 5.31. The van der Waals surface area contributed by atoms with E-state index < -0.39 is 0 Å². The van der Waals surface area contributed by atoms with Gasteiger partial charge in [-0.05, 0) is 31.4 Å². The average molecular weight is 273 g/mol. The van der Waals surface area contributed by atoms with Crippen LogP contribution in [0.25, 0.3) is 0 Å². The molecule has 3 heteroatoms. The molecule has 1 rings (SSSR count). The van der Waals surface area contributed by atoms with Crippen molar-refractivity contribution in [2.24, 2.45) is 0 Å². The lowest BCUT2D eigenvalue weighted by Crippen LogP contribution is -2.47. The summed E-state index contributed by atoms with van der Waals surface area (Å²) in [5.41, 5.74) is 1.05. The minimum Gasteiger partial charge on any atom is -0.384 e. The summed E-state index contributed by atoms with van der Waals surface area (Å²) in [6.07, 6.45) is 2.70. The molecular weight excluding hydrogens is 250 g/mol. The Hall–Kier alpha value is -1.79. The highest BCUT2D eigenvalue weighted by atomic mass is 16.2. The van der Waals surface area contributed by atoms with Gasteiger partial charge in [0.05, 0.1) is 5.56 Å². The zero-order valence-corrected chi connectivity index (χ0v) is 12.5. The second-order valence-corrected chi connectivity index (χ2v) is 4.80. The number of carbonyl (C=O) groups excluding carboxylic acids is 1. The van der Waals surface area contributed by atoms with Gasteiger partial charge in [0.1, 0.15) is 6.61 Å². The molecule has 0 aliphatic rings. The molecule has 0 saturated heterocycles. The van der Waals surface area contributed by atoms with E-state index in [1.807, 2.05) is 12.1 Å². The van der Waals surface area contributed by atoms with E-state index in [9.17, 15) is 4.79 Å². The van der Waals surface area contributed by atoms with E-state index in [1.54, 1.807) is 12.1 Å². The molecule has 3 nitrogen and oxygen atoms in total. The lowest BCUT2D eigenvalue weighted by Gasteiger charge is -2.32. The molecular formula is C17H23NO2. The van der Waals surface area contributed by atoms with E-state index in [4.69, 9.17) is 5.11 Å². The van der Waals surface area contributed by atoms with E-state index in [2.05, 4.69) is 37.9 Å². The molecule has 0 aliphatic carbocycles. The molecule has 0 aliphatic heterocycles. The van der Waals surface area contributed by atoms with Gasteiger partial charge >= 0.3 is 0 Å². The van der Waals surface area contributed by atoms with Gasteiger partial charge in [0, 0.05) is 11.1 Å². The molecule has 0 unspecified atom stereocenters. The summed E-state index contributed by atoms with van der Waals surface area (Å²) >= 11 is 0. The first-order valence-electron chi connectivity index (χ1n) is 7.13. The SMILES string of the molecule is CCC(CC)(CC)NC(=O)c1ccccc1C#CCO. The first-order chi connectivity index (χ1) is 9.62. The van der Waals surface area contributed by atoms with Crippen molar-refractivity contribution in [3.63, 3.8) is 0 Å². The van der Waals surface area contributed by atoms with E-state index in [0.29, 0.717) is 11.1 Å². The summed E-state index contributed by atoms with van der Waals surface area (Å²) in [6.45, 7) is 6.05. The molecule has 2 N–H and O–H groups in total. The number of amides is 1. The van der Waals surface area contributed by atoms with Crippen molar-refractivity contribution in [2.45, 2.75) is 45.6 Å². The van der Waals surface area contributed by atoms with Crippen LogP contribution in [0, 0.1) is 11.8 Å². The fourth-order valence-corrected chi connectivity index (χ4v) is 2.25. The number of hydrogen-bond acceptors (Lipinski definition) is 2. The third kappa shape index (κ3) is 3.85. The Morgan fingerprint density at radius 2 is 1.80 bits per heavy atom. The van der Waals surface area contributed by atoms with Gasteiger partial charge < -0.3 is 10.4 Å². The third-order valence-electron chi connectivity index (χ3n) is 3.88. The Kier molecular flexibility index (Phi) is 6.27. The number of carbonyl (C=O) groups is 1. The van der Waals surface area contributed by atoms with Crippen LogP contribution in [-0.2, 0) is 0 Å². The normalized spacial score (nSPS) is 10.6. The summed E-state index contributed by atoms with van der Waals surface area (Å²) in [7, 11) is 0. The molecule has 20 heavy (non-hydrogen) atoms. The molecule has 0 aromatic heterocycles. The molecule has 108 valence electrons. The van der Waals surface area contributed by atoms with Crippen molar-refractivity contribution in [2.75, 3.05) is 6.61 Å². The van der Waals surface area contributed by atoms with Crippen LogP contribution < -0.4 is 5.32 Å². The topological polar surface area (TPSA) is 49.3 Å². The first-order valence-corrected chi connectivity index (χ1v) is 7.13. The maximum Gasteiger partial charge on any atom is 0.252 e. The fourth-order valence-electron chi connectivity index (χ4n) is 2.25. The number of nitrogens with one attached hydrogen (secondary N) is 1. The van der Waals surface area contributed by atoms with Crippen LogP contribution in [0.4, 0.5) is 0 Å². The standard InChI is InChI=1S/C17H23NO2/c1-4-17(5-2,6-3)18-16(20)15-12-8-7-10-14(15)11-9-13-19/h7-8,10,12,19H,4-6,13H2,1-3H3,(H,18,20). The predicted molar refractivity (Wildman–Crippen MR) is 81.5 cm³/mol. The van der Waals surface area contributed by atoms with Crippen LogP contribution in [0.15, 0.2) is 24.3 Å². The van der Waals surface area contributed by atoms with Gasteiger partial charge in [-0.15, -0.1) is 0 Å². The lowest BCUT2D eigenvalue weighted by molar-refractivity contribution is 0.0888. The third-order valence-corrected chi connectivity index (χ3v) is 3.88. The van der Waals surface area contributed by atoms with Crippen molar-refractivity contribution >= 4 is 5.91 Å². The fraction of sp³-hybridized carbons (Fsp3) is 0.471.